The minimum Gasteiger partial charge on any atom is -0.325 e. The molecule has 0 saturated carbocycles. The Bertz CT molecular complexity index is 287. The molecule has 0 amide bonds. The first kappa shape index (κ1) is 12.0. The van der Waals surface area contributed by atoms with E-state index in [2.05, 4.69) is 26.0 Å². The highest BCUT2D eigenvalue weighted by molar-refractivity contribution is 4.94. The van der Waals surface area contributed by atoms with Gasteiger partial charge < -0.3 is 4.48 Å². The van der Waals surface area contributed by atoms with Crippen LogP contribution in [0.3, 0.4) is 0 Å². The van der Waals surface area contributed by atoms with Gasteiger partial charge in [0.1, 0.15) is 6.04 Å². The van der Waals surface area contributed by atoms with Crippen LogP contribution in [0.15, 0.2) is 0 Å². The Morgan fingerprint density at radius 3 is 2.35 bits per heavy atom. The number of likely N-dealkylation sites (N-methyl/N-ethyl adjacent to an activating group) is 2. The molecule has 3 rings (SSSR count). The molecule has 4 bridgehead atoms. The highest BCUT2D eigenvalue weighted by atomic mass is 15.4. The van der Waals surface area contributed by atoms with Crippen molar-refractivity contribution in [2.75, 3.05) is 27.7 Å². The fourth-order valence-corrected chi connectivity index (χ4v) is 4.98. The van der Waals surface area contributed by atoms with Gasteiger partial charge in [0, 0.05) is 18.9 Å². The summed E-state index contributed by atoms with van der Waals surface area (Å²) >= 11 is 0. The molecule has 17 heavy (non-hydrogen) atoms. The van der Waals surface area contributed by atoms with Gasteiger partial charge in [-0.15, -0.1) is 0 Å². The highest BCUT2D eigenvalue weighted by Gasteiger charge is 2.47. The summed E-state index contributed by atoms with van der Waals surface area (Å²) in [4.78, 5) is 2.80. The predicted octanol–water partition coefficient (Wildman–Crippen LogP) is 2.49. The van der Waals surface area contributed by atoms with Gasteiger partial charge in [-0.05, 0) is 32.2 Å². The number of hydrogen-bond donors (Lipinski definition) is 0. The Morgan fingerprint density at radius 2 is 1.59 bits per heavy atom. The predicted molar refractivity (Wildman–Crippen MR) is 71.9 cm³/mol. The van der Waals surface area contributed by atoms with E-state index >= 15 is 0 Å². The first-order valence-electron chi connectivity index (χ1n) is 7.64. The SMILES string of the molecule is CN1[C@@H]2CCCC[C@@H]1[C@@H]1CC[C@@H]2CC[N+]1(C)C. The molecule has 2 heteroatoms. The molecule has 3 aliphatic heterocycles. The molecule has 3 fully saturated rings. The van der Waals surface area contributed by atoms with E-state index < -0.39 is 0 Å². The van der Waals surface area contributed by atoms with Gasteiger partial charge >= 0.3 is 0 Å². The van der Waals surface area contributed by atoms with Crippen molar-refractivity contribution in [3.8, 4) is 0 Å². The van der Waals surface area contributed by atoms with Crippen LogP contribution in [0.2, 0.25) is 0 Å². The van der Waals surface area contributed by atoms with Gasteiger partial charge in [-0.1, -0.05) is 12.8 Å². The van der Waals surface area contributed by atoms with E-state index in [4.69, 9.17) is 0 Å². The largest absolute Gasteiger partial charge is 0.325 e. The van der Waals surface area contributed by atoms with Gasteiger partial charge in [0.2, 0.25) is 0 Å². The van der Waals surface area contributed by atoms with Gasteiger partial charge in [-0.3, -0.25) is 4.90 Å². The van der Waals surface area contributed by atoms with Gasteiger partial charge in [0.15, 0.2) is 0 Å². The summed E-state index contributed by atoms with van der Waals surface area (Å²) in [6.07, 6.45) is 10.3. The molecule has 0 aliphatic carbocycles. The standard InChI is InChI=1S/C15H29N2/c1-16-13-6-4-5-7-14(16)15-9-8-12(13)10-11-17(15,2)3/h12-15H,4-11H2,1-3H3/q+1/t12-,13-,14-,15+/m1/s1. The quantitative estimate of drug-likeness (QED) is 0.585. The van der Waals surface area contributed by atoms with Crippen molar-refractivity contribution >= 4 is 0 Å². The van der Waals surface area contributed by atoms with Crippen molar-refractivity contribution in [3.05, 3.63) is 0 Å². The monoisotopic (exact) mass is 237 g/mol. The van der Waals surface area contributed by atoms with Gasteiger partial charge in [-0.25, -0.2) is 0 Å². The fourth-order valence-electron chi connectivity index (χ4n) is 4.98. The summed E-state index contributed by atoms with van der Waals surface area (Å²) < 4.78 is 1.28. The molecular weight excluding hydrogens is 208 g/mol. The third kappa shape index (κ3) is 1.94. The molecule has 0 aromatic heterocycles. The van der Waals surface area contributed by atoms with Crippen LogP contribution in [0.25, 0.3) is 0 Å². The van der Waals surface area contributed by atoms with Crippen molar-refractivity contribution in [2.45, 2.75) is 63.1 Å². The van der Waals surface area contributed by atoms with Crippen molar-refractivity contribution in [1.82, 2.24) is 4.90 Å². The molecular formula is C15H29N2+. The van der Waals surface area contributed by atoms with E-state index in [0.717, 1.165) is 24.0 Å². The molecule has 0 spiro atoms. The molecule has 3 heterocycles. The molecule has 0 aromatic carbocycles. The Labute approximate surface area is 107 Å². The molecule has 98 valence electrons. The number of nitrogens with zero attached hydrogens (tertiary/aromatic N) is 2. The van der Waals surface area contributed by atoms with Crippen molar-refractivity contribution < 1.29 is 4.48 Å². The Balaban J connectivity index is 1.98. The third-order valence-electron chi connectivity index (χ3n) is 6.09. The third-order valence-corrected chi connectivity index (χ3v) is 6.09. The van der Waals surface area contributed by atoms with Crippen LogP contribution in [0.1, 0.15) is 44.9 Å². The Hall–Kier alpha value is -0.0800. The lowest BCUT2D eigenvalue weighted by Gasteiger charge is -2.47. The minimum atomic E-state index is 0.864. The number of likely N-dealkylation sites (tertiary alicyclic amines) is 1. The number of rotatable bonds is 0. The molecule has 0 aromatic rings. The second-order valence-corrected chi connectivity index (χ2v) is 7.28. The summed E-state index contributed by atoms with van der Waals surface area (Å²) in [7, 11) is 7.38. The summed E-state index contributed by atoms with van der Waals surface area (Å²) in [6, 6.07) is 2.67. The summed E-state index contributed by atoms with van der Waals surface area (Å²) in [5, 5.41) is 0. The number of quaternary nitrogens is 1. The van der Waals surface area contributed by atoms with Crippen molar-refractivity contribution in [3.63, 3.8) is 0 Å². The molecule has 0 radical (unpaired) electrons. The average Bonchev–Trinajstić information content (AvgIpc) is 2.62. The van der Waals surface area contributed by atoms with Crippen molar-refractivity contribution in [2.24, 2.45) is 5.92 Å². The van der Waals surface area contributed by atoms with Gasteiger partial charge in [0.05, 0.1) is 26.7 Å². The van der Waals surface area contributed by atoms with Crippen molar-refractivity contribution in [1.29, 1.82) is 0 Å². The zero-order valence-corrected chi connectivity index (χ0v) is 11.9. The first-order chi connectivity index (χ1) is 8.09. The Morgan fingerprint density at radius 1 is 0.882 bits per heavy atom. The van der Waals surface area contributed by atoms with Gasteiger partial charge in [0.25, 0.3) is 0 Å². The molecule has 0 unspecified atom stereocenters. The first-order valence-corrected chi connectivity index (χ1v) is 7.64. The number of hydrogen-bond acceptors (Lipinski definition) is 1. The topological polar surface area (TPSA) is 3.24 Å². The number of fused-ring (bicyclic) bond motifs is 7. The molecule has 3 aliphatic rings. The van der Waals surface area contributed by atoms with E-state index in [1.54, 1.807) is 0 Å². The van der Waals surface area contributed by atoms with Crippen LogP contribution in [-0.4, -0.2) is 55.2 Å². The van der Waals surface area contributed by atoms with E-state index in [-0.39, 0.29) is 0 Å². The van der Waals surface area contributed by atoms with E-state index in [0.29, 0.717) is 0 Å². The summed E-state index contributed by atoms with van der Waals surface area (Å²) in [6.45, 7) is 1.41. The maximum absolute atomic E-state index is 2.80. The molecule has 3 saturated heterocycles. The fraction of sp³-hybridized carbons (Fsp3) is 1.00. The zero-order chi connectivity index (χ0) is 12.0. The second-order valence-electron chi connectivity index (χ2n) is 7.28. The molecule has 0 N–H and O–H groups in total. The van der Waals surface area contributed by atoms with Crippen LogP contribution < -0.4 is 0 Å². The van der Waals surface area contributed by atoms with Gasteiger partial charge in [-0.2, -0.15) is 0 Å². The highest BCUT2D eigenvalue weighted by Crippen LogP contribution is 2.41. The lowest BCUT2D eigenvalue weighted by molar-refractivity contribution is -0.917. The normalized spacial score (nSPS) is 46.1. The van der Waals surface area contributed by atoms with Crippen LogP contribution >= 0.6 is 0 Å². The van der Waals surface area contributed by atoms with Crippen LogP contribution in [0.4, 0.5) is 0 Å². The lowest BCUT2D eigenvalue weighted by atomic mass is 9.89. The second kappa shape index (κ2) is 4.24. The molecule has 4 atom stereocenters. The minimum absolute atomic E-state index is 0.864. The Kier molecular flexibility index (Phi) is 2.99. The van der Waals surface area contributed by atoms with E-state index in [1.807, 2.05) is 0 Å². The smallest absolute Gasteiger partial charge is 0.104 e. The van der Waals surface area contributed by atoms with Crippen LogP contribution in [0, 0.1) is 5.92 Å². The van der Waals surface area contributed by atoms with Crippen LogP contribution in [0.5, 0.6) is 0 Å². The zero-order valence-electron chi connectivity index (χ0n) is 11.9. The average molecular weight is 237 g/mol. The summed E-state index contributed by atoms with van der Waals surface area (Å²) in [5.41, 5.74) is 0. The van der Waals surface area contributed by atoms with E-state index in [9.17, 15) is 0 Å². The van der Waals surface area contributed by atoms with E-state index in [1.165, 1.54) is 56.0 Å². The maximum Gasteiger partial charge on any atom is 0.104 e. The lowest BCUT2D eigenvalue weighted by Crippen LogP contribution is -2.60. The van der Waals surface area contributed by atoms with Crippen LogP contribution in [-0.2, 0) is 0 Å². The summed E-state index contributed by atoms with van der Waals surface area (Å²) in [5.74, 6) is 0.991. The maximum atomic E-state index is 2.80. The molecule has 2 nitrogen and oxygen atoms in total.